The first kappa shape index (κ1) is 3.78. The van der Waals surface area contributed by atoms with Gasteiger partial charge in [0.05, 0.1) is 5.69 Å². The van der Waals surface area contributed by atoms with E-state index in [0.717, 1.165) is 16.9 Å². The Morgan fingerprint density at radius 1 is 1.38 bits per heavy atom. The monoisotopic (exact) mass is 107 g/mol. The van der Waals surface area contributed by atoms with Crippen molar-refractivity contribution in [1.82, 2.24) is 0 Å². The second-order valence-corrected chi connectivity index (χ2v) is 1.80. The quantitative estimate of drug-likeness (QED) is 0.517. The Hall–Kier alpha value is -1.18. The molecule has 0 aromatic carbocycles. The lowest BCUT2D eigenvalue weighted by atomic mass is 10.3. The van der Waals surface area contributed by atoms with E-state index >= 15 is 0 Å². The predicted octanol–water partition coefficient (Wildman–Crippen LogP) is 1.45. The van der Waals surface area contributed by atoms with E-state index in [1.165, 1.54) is 0 Å². The van der Waals surface area contributed by atoms with Crippen molar-refractivity contribution in [3.63, 3.8) is 0 Å². The molecule has 0 aliphatic rings. The lowest BCUT2D eigenvalue weighted by Crippen LogP contribution is -1.78. The maximum absolute atomic E-state index is 5.45. The first-order valence-corrected chi connectivity index (χ1v) is 2.43. The molecular weight excluding hydrogens is 102 g/mol. The summed E-state index contributed by atoms with van der Waals surface area (Å²) in [6.45, 7) is 0. The van der Waals surface area contributed by atoms with Crippen molar-refractivity contribution in [2.75, 3.05) is 5.73 Å². The molecule has 0 fully saturated rings. The van der Waals surface area contributed by atoms with Crippen molar-refractivity contribution in [2.24, 2.45) is 0 Å². The van der Waals surface area contributed by atoms with Crippen LogP contribution in [0.5, 0.6) is 0 Å². The summed E-state index contributed by atoms with van der Waals surface area (Å²) in [5.74, 6) is 0. The third-order valence-electron chi connectivity index (χ3n) is 1.21. The number of hydrogen-bond donors (Lipinski definition) is 1. The molecular formula is C6H5NO. The molecule has 8 heavy (non-hydrogen) atoms. The third kappa shape index (κ3) is 0.281. The minimum Gasteiger partial charge on any atom is -0.455 e. The van der Waals surface area contributed by atoms with Gasteiger partial charge in [0.15, 0.2) is 5.58 Å². The number of nitrogen functional groups attached to an aromatic ring is 1. The molecule has 0 aliphatic carbocycles. The maximum atomic E-state index is 5.45. The SMILES string of the molecule is Nc1cc2ccc1o2. The van der Waals surface area contributed by atoms with Crippen molar-refractivity contribution in [3.05, 3.63) is 18.2 Å². The highest BCUT2D eigenvalue weighted by Gasteiger charge is 2.00. The number of benzene rings is 1. The minimum absolute atomic E-state index is 0.738. The molecule has 2 bridgehead atoms. The van der Waals surface area contributed by atoms with Gasteiger partial charge in [0.25, 0.3) is 0 Å². The molecule has 2 aromatic heterocycles. The van der Waals surface area contributed by atoms with E-state index in [4.69, 9.17) is 10.2 Å². The molecule has 2 heteroatoms. The fourth-order valence-electron chi connectivity index (χ4n) is 0.810. The zero-order chi connectivity index (χ0) is 5.56. The van der Waals surface area contributed by atoms with Crippen molar-refractivity contribution < 1.29 is 4.42 Å². The zero-order valence-electron chi connectivity index (χ0n) is 4.22. The molecule has 0 radical (unpaired) electrons. The van der Waals surface area contributed by atoms with Gasteiger partial charge in [0.1, 0.15) is 5.58 Å². The molecule has 0 amide bonds. The van der Waals surface area contributed by atoms with Crippen LogP contribution in [0.4, 0.5) is 5.69 Å². The summed E-state index contributed by atoms with van der Waals surface area (Å²) in [6, 6.07) is 5.58. The lowest BCUT2D eigenvalue weighted by Gasteiger charge is -1.77. The van der Waals surface area contributed by atoms with Gasteiger partial charge in [-0.15, -0.1) is 0 Å². The molecule has 2 rings (SSSR count). The highest BCUT2D eigenvalue weighted by molar-refractivity contribution is 5.76. The Morgan fingerprint density at radius 3 is 2.50 bits per heavy atom. The van der Waals surface area contributed by atoms with E-state index in [0.29, 0.717) is 0 Å². The van der Waals surface area contributed by atoms with E-state index in [2.05, 4.69) is 0 Å². The molecule has 0 aliphatic heterocycles. The first-order chi connectivity index (χ1) is 3.86. The summed E-state index contributed by atoms with van der Waals surface area (Å²) in [7, 11) is 0. The second kappa shape index (κ2) is 0.968. The van der Waals surface area contributed by atoms with Crippen LogP contribution >= 0.6 is 0 Å². The predicted molar refractivity (Wildman–Crippen MR) is 31.8 cm³/mol. The smallest absolute Gasteiger partial charge is 0.150 e. The molecule has 2 nitrogen and oxygen atoms in total. The van der Waals surface area contributed by atoms with Gasteiger partial charge in [0.2, 0.25) is 0 Å². The molecule has 0 unspecified atom stereocenters. The average molecular weight is 107 g/mol. The van der Waals surface area contributed by atoms with E-state index < -0.39 is 0 Å². The Bertz CT molecular complexity index is 286. The number of fused-ring (bicyclic) bond motifs is 2. The number of nitrogens with two attached hydrogens (primary N) is 1. The number of rotatable bonds is 0. The normalized spacial score (nSPS) is 11.0. The third-order valence-corrected chi connectivity index (χ3v) is 1.21. The van der Waals surface area contributed by atoms with Gasteiger partial charge in [0, 0.05) is 6.07 Å². The van der Waals surface area contributed by atoms with Crippen molar-refractivity contribution in [3.8, 4) is 0 Å². The van der Waals surface area contributed by atoms with Crippen molar-refractivity contribution in [1.29, 1.82) is 0 Å². The van der Waals surface area contributed by atoms with Crippen LogP contribution in [0.2, 0.25) is 0 Å². The zero-order valence-corrected chi connectivity index (χ0v) is 4.22. The summed E-state index contributed by atoms with van der Waals surface area (Å²) in [4.78, 5) is 0. The average Bonchev–Trinajstić information content (AvgIpc) is 2.23. The summed E-state index contributed by atoms with van der Waals surface area (Å²) < 4.78 is 5.09. The van der Waals surface area contributed by atoms with Crippen LogP contribution in [0.1, 0.15) is 0 Å². The van der Waals surface area contributed by atoms with E-state index in [1.54, 1.807) is 0 Å². The van der Waals surface area contributed by atoms with Crippen LogP contribution in [0.15, 0.2) is 22.6 Å². The van der Waals surface area contributed by atoms with Crippen LogP contribution in [0, 0.1) is 0 Å². The van der Waals surface area contributed by atoms with E-state index in [9.17, 15) is 0 Å². The van der Waals surface area contributed by atoms with Gasteiger partial charge in [-0.2, -0.15) is 0 Å². The summed E-state index contributed by atoms with van der Waals surface area (Å²) in [5.41, 5.74) is 7.84. The van der Waals surface area contributed by atoms with Gasteiger partial charge in [-0.05, 0) is 12.1 Å². The largest absolute Gasteiger partial charge is 0.455 e. The van der Waals surface area contributed by atoms with Crippen LogP contribution in [-0.4, -0.2) is 0 Å². The molecule has 0 saturated carbocycles. The van der Waals surface area contributed by atoms with Crippen LogP contribution in [0.3, 0.4) is 0 Å². The standard InChI is InChI=1S/C6H5NO/c7-5-3-4-1-2-6(5)8-4/h1-3H,7H2. The number of anilines is 1. The number of furan rings is 2. The van der Waals surface area contributed by atoms with E-state index in [1.807, 2.05) is 18.2 Å². The van der Waals surface area contributed by atoms with Gasteiger partial charge < -0.3 is 10.2 Å². The van der Waals surface area contributed by atoms with Gasteiger partial charge in [-0.1, -0.05) is 0 Å². The molecule has 2 N–H and O–H groups in total. The Kier molecular flexibility index (Phi) is 0.457. The summed E-state index contributed by atoms with van der Waals surface area (Å²) in [6.07, 6.45) is 0. The van der Waals surface area contributed by atoms with Crippen molar-refractivity contribution in [2.45, 2.75) is 0 Å². The fourth-order valence-corrected chi connectivity index (χ4v) is 0.810. The van der Waals surface area contributed by atoms with Crippen LogP contribution < -0.4 is 5.73 Å². The van der Waals surface area contributed by atoms with Crippen LogP contribution in [-0.2, 0) is 0 Å². The summed E-state index contributed by atoms with van der Waals surface area (Å²) >= 11 is 0. The second-order valence-electron chi connectivity index (χ2n) is 1.80. The van der Waals surface area contributed by atoms with Crippen molar-refractivity contribution >= 4 is 16.9 Å². The van der Waals surface area contributed by atoms with Gasteiger partial charge in [-0.25, -0.2) is 0 Å². The first-order valence-electron chi connectivity index (χ1n) is 2.43. The van der Waals surface area contributed by atoms with E-state index in [-0.39, 0.29) is 0 Å². The maximum Gasteiger partial charge on any atom is 0.150 e. The highest BCUT2D eigenvalue weighted by atomic mass is 16.3. The highest BCUT2D eigenvalue weighted by Crippen LogP contribution is 2.22. The molecule has 0 saturated heterocycles. The van der Waals surface area contributed by atoms with Gasteiger partial charge >= 0.3 is 0 Å². The summed E-state index contributed by atoms with van der Waals surface area (Å²) in [5, 5.41) is 0. The fraction of sp³-hybridized carbons (Fsp3) is 0. The molecule has 0 atom stereocenters. The molecule has 2 aromatic rings. The number of hydrogen-bond acceptors (Lipinski definition) is 2. The van der Waals surface area contributed by atoms with Crippen LogP contribution in [0.25, 0.3) is 11.2 Å². The molecule has 2 heterocycles. The lowest BCUT2D eigenvalue weighted by molar-refractivity contribution is 0.676. The molecule has 0 spiro atoms. The Labute approximate surface area is 46.2 Å². The Balaban J connectivity index is 3.02. The minimum atomic E-state index is 0.738. The Morgan fingerprint density at radius 2 is 2.25 bits per heavy atom. The topological polar surface area (TPSA) is 39.2 Å². The molecule has 40 valence electrons. The van der Waals surface area contributed by atoms with Gasteiger partial charge in [-0.3, -0.25) is 0 Å².